The van der Waals surface area contributed by atoms with Gasteiger partial charge in [-0.1, -0.05) is 12.1 Å². The van der Waals surface area contributed by atoms with E-state index in [9.17, 15) is 14.4 Å². The Hall–Kier alpha value is -2.22. The van der Waals surface area contributed by atoms with Gasteiger partial charge in [0, 0.05) is 30.3 Å². The number of likely N-dealkylation sites (tertiary alicyclic amines) is 1. The molecular formula is C18H24N2O5S. The Morgan fingerprint density at radius 1 is 1.38 bits per heavy atom. The molecule has 1 atom stereocenters. The molecule has 0 aliphatic carbocycles. The Kier molecular flexibility index (Phi) is 7.77. The third-order valence-electron chi connectivity index (χ3n) is 4.18. The molecule has 1 unspecified atom stereocenters. The van der Waals surface area contributed by atoms with Crippen molar-refractivity contribution in [3.63, 3.8) is 0 Å². The summed E-state index contributed by atoms with van der Waals surface area (Å²) in [6, 6.07) is 7.25. The third kappa shape index (κ3) is 6.25. The highest BCUT2D eigenvalue weighted by molar-refractivity contribution is 7.98. The van der Waals surface area contributed by atoms with E-state index in [-0.39, 0.29) is 18.5 Å². The number of ether oxygens (including phenoxy) is 1. The van der Waals surface area contributed by atoms with Crippen molar-refractivity contribution in [2.24, 2.45) is 5.92 Å². The maximum absolute atomic E-state index is 12.4. The fraction of sp³-hybridized carbons (Fsp3) is 0.500. The summed E-state index contributed by atoms with van der Waals surface area (Å²) in [7, 11) is 1.38. The van der Waals surface area contributed by atoms with E-state index in [4.69, 9.17) is 5.11 Å². The highest BCUT2D eigenvalue weighted by Crippen LogP contribution is 2.20. The number of carboxylic acid groups (broad SMARTS) is 1. The van der Waals surface area contributed by atoms with Gasteiger partial charge in [0.2, 0.25) is 0 Å². The average Bonchev–Trinajstić information content (AvgIpc) is 2.65. The maximum atomic E-state index is 12.4. The number of benzene rings is 1. The van der Waals surface area contributed by atoms with Crippen LogP contribution in [0.3, 0.4) is 0 Å². The van der Waals surface area contributed by atoms with Crippen molar-refractivity contribution in [3.05, 3.63) is 29.8 Å². The second-order valence-corrected chi connectivity index (χ2v) is 7.24. The summed E-state index contributed by atoms with van der Waals surface area (Å²) in [5.74, 6) is -0.167. The van der Waals surface area contributed by atoms with Crippen molar-refractivity contribution < 1.29 is 24.2 Å². The number of methoxy groups -OCH3 is 1. The van der Waals surface area contributed by atoms with E-state index in [1.165, 1.54) is 7.11 Å². The number of urea groups is 1. The Balaban J connectivity index is 1.84. The van der Waals surface area contributed by atoms with E-state index in [0.29, 0.717) is 37.2 Å². The molecule has 142 valence electrons. The molecule has 2 amide bonds. The van der Waals surface area contributed by atoms with E-state index < -0.39 is 11.9 Å². The molecule has 8 heteroatoms. The topological polar surface area (TPSA) is 95.9 Å². The van der Waals surface area contributed by atoms with Gasteiger partial charge in [0.25, 0.3) is 0 Å². The number of esters is 1. The lowest BCUT2D eigenvalue weighted by atomic mass is 9.99. The van der Waals surface area contributed by atoms with E-state index in [1.54, 1.807) is 22.7 Å². The lowest BCUT2D eigenvalue weighted by Gasteiger charge is -2.30. The van der Waals surface area contributed by atoms with Crippen molar-refractivity contribution in [1.29, 1.82) is 0 Å². The summed E-state index contributed by atoms with van der Waals surface area (Å²) in [6.45, 7) is 0.808. The Bertz CT molecular complexity index is 652. The van der Waals surface area contributed by atoms with E-state index in [1.807, 2.05) is 18.2 Å². The number of thioether (sulfide) groups is 1. The molecule has 0 bridgehead atoms. The Labute approximate surface area is 157 Å². The van der Waals surface area contributed by atoms with Crippen LogP contribution in [0.5, 0.6) is 0 Å². The van der Waals surface area contributed by atoms with E-state index >= 15 is 0 Å². The molecule has 0 spiro atoms. The summed E-state index contributed by atoms with van der Waals surface area (Å²) in [5, 5.41) is 12.0. The number of aliphatic carboxylic acids is 1. The predicted molar refractivity (Wildman–Crippen MR) is 100 cm³/mol. The average molecular weight is 380 g/mol. The van der Waals surface area contributed by atoms with Gasteiger partial charge in [-0.3, -0.25) is 9.59 Å². The number of hydrogen-bond donors (Lipinski definition) is 2. The van der Waals surface area contributed by atoms with Crippen LogP contribution in [0, 0.1) is 5.92 Å². The fourth-order valence-corrected chi connectivity index (χ4v) is 3.62. The van der Waals surface area contributed by atoms with Gasteiger partial charge in [0.05, 0.1) is 19.4 Å². The lowest BCUT2D eigenvalue weighted by molar-refractivity contribution is -0.143. The number of hydrogen-bond acceptors (Lipinski definition) is 5. The van der Waals surface area contributed by atoms with Crippen molar-refractivity contribution in [2.75, 3.05) is 31.3 Å². The lowest BCUT2D eigenvalue weighted by Crippen LogP contribution is -2.44. The van der Waals surface area contributed by atoms with Crippen molar-refractivity contribution >= 4 is 35.4 Å². The molecule has 1 heterocycles. The first-order chi connectivity index (χ1) is 12.5. The molecule has 1 aliphatic rings. The van der Waals surface area contributed by atoms with Gasteiger partial charge in [0.1, 0.15) is 0 Å². The minimum Gasteiger partial charge on any atom is -0.481 e. The number of amides is 2. The molecule has 1 fully saturated rings. The van der Waals surface area contributed by atoms with E-state index in [2.05, 4.69) is 10.1 Å². The van der Waals surface area contributed by atoms with Crippen LogP contribution in [0.25, 0.3) is 0 Å². The van der Waals surface area contributed by atoms with Gasteiger partial charge in [-0.15, -0.1) is 0 Å². The van der Waals surface area contributed by atoms with Crippen molar-refractivity contribution in [3.8, 4) is 0 Å². The van der Waals surface area contributed by atoms with Crippen molar-refractivity contribution in [2.45, 2.75) is 25.0 Å². The smallest absolute Gasteiger partial charge is 0.321 e. The fourth-order valence-electron chi connectivity index (χ4n) is 2.75. The van der Waals surface area contributed by atoms with Crippen LogP contribution in [-0.2, 0) is 20.1 Å². The predicted octanol–water partition coefficient (Wildman–Crippen LogP) is 2.81. The number of nitrogens with one attached hydrogen (secondary N) is 1. The Morgan fingerprint density at radius 3 is 2.92 bits per heavy atom. The van der Waals surface area contributed by atoms with Crippen LogP contribution in [-0.4, -0.2) is 53.9 Å². The third-order valence-corrected chi connectivity index (χ3v) is 5.21. The summed E-state index contributed by atoms with van der Waals surface area (Å²) in [6.07, 6.45) is 1.68. The second kappa shape index (κ2) is 10.1. The molecule has 1 aromatic rings. The number of carbonyl (C=O) groups excluding carboxylic acids is 2. The van der Waals surface area contributed by atoms with Gasteiger partial charge >= 0.3 is 18.0 Å². The number of carbonyl (C=O) groups is 3. The Morgan fingerprint density at radius 2 is 2.19 bits per heavy atom. The number of nitrogens with zero attached hydrogens (tertiary/aromatic N) is 1. The first-order valence-corrected chi connectivity index (χ1v) is 9.67. The SMILES string of the molecule is COC(=O)CCSCc1cccc(NC(=O)N2CCCC(C(=O)O)C2)c1. The number of carboxylic acids is 1. The monoisotopic (exact) mass is 380 g/mol. The largest absolute Gasteiger partial charge is 0.481 e. The van der Waals surface area contributed by atoms with Gasteiger partial charge in [-0.05, 0) is 30.5 Å². The molecule has 1 aromatic carbocycles. The summed E-state index contributed by atoms with van der Waals surface area (Å²) in [4.78, 5) is 36.1. The van der Waals surface area contributed by atoms with Crippen LogP contribution < -0.4 is 5.32 Å². The normalized spacial score (nSPS) is 16.8. The van der Waals surface area contributed by atoms with Gasteiger partial charge < -0.3 is 20.1 Å². The molecule has 1 saturated heterocycles. The number of anilines is 1. The van der Waals surface area contributed by atoms with Gasteiger partial charge in [0.15, 0.2) is 0 Å². The molecule has 0 saturated carbocycles. The van der Waals surface area contributed by atoms with Crippen LogP contribution in [0.1, 0.15) is 24.8 Å². The summed E-state index contributed by atoms with van der Waals surface area (Å²) >= 11 is 1.62. The highest BCUT2D eigenvalue weighted by atomic mass is 32.2. The number of piperidine rings is 1. The molecule has 0 aromatic heterocycles. The zero-order valence-corrected chi connectivity index (χ0v) is 15.6. The molecule has 7 nitrogen and oxygen atoms in total. The summed E-state index contributed by atoms with van der Waals surface area (Å²) in [5.41, 5.74) is 1.72. The van der Waals surface area contributed by atoms with Crippen LogP contribution in [0.2, 0.25) is 0 Å². The first-order valence-electron chi connectivity index (χ1n) is 8.52. The minimum absolute atomic E-state index is 0.222. The summed E-state index contributed by atoms with van der Waals surface area (Å²) < 4.78 is 4.60. The quantitative estimate of drug-likeness (QED) is 0.558. The van der Waals surface area contributed by atoms with Crippen LogP contribution >= 0.6 is 11.8 Å². The van der Waals surface area contributed by atoms with Crippen molar-refractivity contribution in [1.82, 2.24) is 4.90 Å². The zero-order chi connectivity index (χ0) is 18.9. The minimum atomic E-state index is -0.853. The van der Waals surface area contributed by atoms with Crippen LogP contribution in [0.4, 0.5) is 10.5 Å². The highest BCUT2D eigenvalue weighted by Gasteiger charge is 2.28. The maximum Gasteiger partial charge on any atom is 0.321 e. The van der Waals surface area contributed by atoms with Crippen LogP contribution in [0.15, 0.2) is 24.3 Å². The van der Waals surface area contributed by atoms with Gasteiger partial charge in [-0.25, -0.2) is 4.79 Å². The molecule has 2 rings (SSSR count). The standard InChI is InChI=1S/C18H24N2O5S/c1-25-16(21)7-9-26-12-13-4-2-6-15(10-13)19-18(24)20-8-3-5-14(11-20)17(22)23/h2,4,6,10,14H,3,5,7-9,11-12H2,1H3,(H,19,24)(H,22,23). The van der Waals surface area contributed by atoms with Gasteiger partial charge in [-0.2, -0.15) is 11.8 Å². The molecule has 2 N–H and O–H groups in total. The zero-order valence-electron chi connectivity index (χ0n) is 14.8. The first kappa shape index (κ1) is 20.1. The number of rotatable bonds is 7. The molecule has 26 heavy (non-hydrogen) atoms. The molecule has 1 aliphatic heterocycles. The van der Waals surface area contributed by atoms with E-state index in [0.717, 1.165) is 11.3 Å². The molecular weight excluding hydrogens is 356 g/mol. The second-order valence-electron chi connectivity index (χ2n) is 6.13. The molecule has 0 radical (unpaired) electrons.